The normalized spacial score (nSPS) is 17.7. The first-order valence-electron chi connectivity index (χ1n) is 8.23. The molecule has 0 bridgehead atoms. The molecular formula is C20H24N2O. The van der Waals surface area contributed by atoms with Crippen LogP contribution in [0, 0.1) is 5.41 Å². The van der Waals surface area contributed by atoms with Crippen LogP contribution in [-0.2, 0) is 11.2 Å². The van der Waals surface area contributed by atoms with Crippen LogP contribution in [0.15, 0.2) is 48.8 Å². The third-order valence-electron chi connectivity index (χ3n) is 4.29. The smallest absolute Gasteiger partial charge is 0.223 e. The third kappa shape index (κ3) is 3.44. The van der Waals surface area contributed by atoms with E-state index < -0.39 is 0 Å². The van der Waals surface area contributed by atoms with Gasteiger partial charge in [-0.25, -0.2) is 0 Å². The maximum atomic E-state index is 12.9. The lowest BCUT2D eigenvalue weighted by atomic mass is 9.86. The van der Waals surface area contributed by atoms with Crippen molar-refractivity contribution in [1.29, 1.82) is 0 Å². The van der Waals surface area contributed by atoms with E-state index in [9.17, 15) is 4.79 Å². The largest absolute Gasteiger partial charge is 0.331 e. The van der Waals surface area contributed by atoms with Crippen molar-refractivity contribution in [3.8, 4) is 0 Å². The molecule has 0 radical (unpaired) electrons. The average Bonchev–Trinajstić information content (AvgIpc) is 2.53. The Labute approximate surface area is 138 Å². The first kappa shape index (κ1) is 15.7. The van der Waals surface area contributed by atoms with Crippen molar-refractivity contribution in [2.24, 2.45) is 5.41 Å². The minimum absolute atomic E-state index is 0.00641. The number of pyridine rings is 1. The van der Waals surface area contributed by atoms with Crippen LogP contribution >= 0.6 is 0 Å². The van der Waals surface area contributed by atoms with Gasteiger partial charge in [-0.1, -0.05) is 51.1 Å². The van der Waals surface area contributed by atoms with Crippen LogP contribution in [0.1, 0.15) is 49.9 Å². The van der Waals surface area contributed by atoms with Crippen LogP contribution in [0.3, 0.4) is 0 Å². The van der Waals surface area contributed by atoms with Crippen molar-refractivity contribution in [3.05, 3.63) is 65.5 Å². The maximum absolute atomic E-state index is 12.9. The number of carbonyl (C=O) groups excluding carboxylic acids is 1. The molecular weight excluding hydrogens is 284 g/mol. The van der Waals surface area contributed by atoms with Gasteiger partial charge in [0.15, 0.2) is 0 Å². The van der Waals surface area contributed by atoms with Gasteiger partial charge >= 0.3 is 0 Å². The summed E-state index contributed by atoms with van der Waals surface area (Å²) >= 11 is 0. The van der Waals surface area contributed by atoms with Crippen molar-refractivity contribution in [1.82, 2.24) is 9.88 Å². The third-order valence-corrected chi connectivity index (χ3v) is 4.29. The first-order chi connectivity index (χ1) is 11.0. The number of rotatable bonds is 2. The lowest BCUT2D eigenvalue weighted by Crippen LogP contribution is -2.41. The second-order valence-electron chi connectivity index (χ2n) is 7.46. The minimum Gasteiger partial charge on any atom is -0.331 e. The van der Waals surface area contributed by atoms with Crippen molar-refractivity contribution < 1.29 is 4.79 Å². The van der Waals surface area contributed by atoms with E-state index in [0.29, 0.717) is 6.42 Å². The summed E-state index contributed by atoms with van der Waals surface area (Å²) in [7, 11) is 0. The molecule has 1 aromatic heterocycles. The molecule has 0 saturated heterocycles. The van der Waals surface area contributed by atoms with Gasteiger partial charge in [-0.2, -0.15) is 0 Å². The van der Waals surface area contributed by atoms with Crippen LogP contribution in [0.4, 0.5) is 0 Å². The number of aromatic nitrogens is 1. The fraction of sp³-hybridized carbons (Fsp3) is 0.400. The molecule has 2 heterocycles. The van der Waals surface area contributed by atoms with E-state index in [1.165, 1.54) is 11.1 Å². The molecule has 1 amide bonds. The van der Waals surface area contributed by atoms with Gasteiger partial charge in [0.25, 0.3) is 0 Å². The lowest BCUT2D eigenvalue weighted by Gasteiger charge is -2.38. The molecule has 3 rings (SSSR count). The summed E-state index contributed by atoms with van der Waals surface area (Å²) in [6.07, 6.45) is 5.14. The number of amides is 1. The Morgan fingerprint density at radius 2 is 2.00 bits per heavy atom. The van der Waals surface area contributed by atoms with E-state index >= 15 is 0 Å². The van der Waals surface area contributed by atoms with Gasteiger partial charge in [0, 0.05) is 25.4 Å². The summed E-state index contributed by atoms with van der Waals surface area (Å²) in [5, 5.41) is 0. The number of hydrogen-bond donors (Lipinski definition) is 0. The molecule has 2 aromatic rings. The molecule has 0 spiro atoms. The zero-order valence-corrected chi connectivity index (χ0v) is 14.1. The van der Waals surface area contributed by atoms with Crippen molar-refractivity contribution in [2.75, 3.05) is 6.54 Å². The summed E-state index contributed by atoms with van der Waals surface area (Å²) in [5.74, 6) is 0.223. The first-order valence-corrected chi connectivity index (χ1v) is 8.23. The summed E-state index contributed by atoms with van der Waals surface area (Å²) in [5.41, 5.74) is 3.64. The summed E-state index contributed by atoms with van der Waals surface area (Å²) in [6, 6.07) is 12.4. The highest BCUT2D eigenvalue weighted by Gasteiger charge is 2.33. The molecule has 0 aliphatic carbocycles. The molecule has 0 fully saturated rings. The van der Waals surface area contributed by atoms with Crippen LogP contribution in [-0.4, -0.2) is 22.3 Å². The maximum Gasteiger partial charge on any atom is 0.223 e. The zero-order chi connectivity index (χ0) is 16.4. The topological polar surface area (TPSA) is 33.2 Å². The highest BCUT2D eigenvalue weighted by Crippen LogP contribution is 2.36. The Morgan fingerprint density at radius 3 is 2.70 bits per heavy atom. The molecule has 1 unspecified atom stereocenters. The van der Waals surface area contributed by atoms with E-state index in [2.05, 4.69) is 56.1 Å². The molecule has 23 heavy (non-hydrogen) atoms. The Kier molecular flexibility index (Phi) is 4.20. The number of benzene rings is 1. The Morgan fingerprint density at radius 1 is 1.22 bits per heavy atom. The average molecular weight is 308 g/mol. The second-order valence-corrected chi connectivity index (χ2v) is 7.46. The standard InChI is InChI=1S/C20H24N2O/c1-20(2,3)13-18(23)22-12-10-15-7-4-5-9-17(15)19(22)16-8-6-11-21-14-16/h4-9,11,14,19H,10,12-13H2,1-3H3. The lowest BCUT2D eigenvalue weighted by molar-refractivity contribution is -0.135. The monoisotopic (exact) mass is 308 g/mol. The highest BCUT2D eigenvalue weighted by molar-refractivity contribution is 5.78. The quantitative estimate of drug-likeness (QED) is 0.840. The van der Waals surface area contributed by atoms with Gasteiger partial charge < -0.3 is 4.90 Å². The zero-order valence-electron chi connectivity index (χ0n) is 14.1. The number of fused-ring (bicyclic) bond motifs is 1. The van der Waals surface area contributed by atoms with E-state index in [1.54, 1.807) is 6.20 Å². The van der Waals surface area contributed by atoms with Crippen molar-refractivity contribution >= 4 is 5.91 Å². The summed E-state index contributed by atoms with van der Waals surface area (Å²) < 4.78 is 0. The Balaban J connectivity index is 2.01. The van der Waals surface area contributed by atoms with Crippen molar-refractivity contribution in [3.63, 3.8) is 0 Å². The summed E-state index contributed by atoms with van der Waals surface area (Å²) in [6.45, 7) is 7.11. The van der Waals surface area contributed by atoms with E-state index in [-0.39, 0.29) is 17.4 Å². The highest BCUT2D eigenvalue weighted by atomic mass is 16.2. The van der Waals surface area contributed by atoms with E-state index in [0.717, 1.165) is 18.5 Å². The molecule has 120 valence electrons. The second kappa shape index (κ2) is 6.15. The van der Waals surface area contributed by atoms with Gasteiger partial charge in [-0.15, -0.1) is 0 Å². The van der Waals surface area contributed by atoms with Crippen molar-refractivity contribution in [2.45, 2.75) is 39.7 Å². The van der Waals surface area contributed by atoms with E-state index in [4.69, 9.17) is 0 Å². The van der Waals surface area contributed by atoms with Gasteiger partial charge in [0.05, 0.1) is 6.04 Å². The molecule has 1 atom stereocenters. The minimum atomic E-state index is -0.0245. The molecule has 1 aliphatic heterocycles. The van der Waals surface area contributed by atoms with Gasteiger partial charge in [0.2, 0.25) is 5.91 Å². The van der Waals surface area contributed by atoms with Crippen LogP contribution in [0.25, 0.3) is 0 Å². The SMILES string of the molecule is CC(C)(C)CC(=O)N1CCc2ccccc2C1c1cccnc1. The van der Waals surface area contributed by atoms with Gasteiger partial charge in [0.1, 0.15) is 0 Å². The molecule has 1 aromatic carbocycles. The number of hydrogen-bond acceptors (Lipinski definition) is 2. The number of nitrogens with zero attached hydrogens (tertiary/aromatic N) is 2. The predicted octanol–water partition coefficient (Wildman–Crippen LogP) is 3.99. The summed E-state index contributed by atoms with van der Waals surface area (Å²) in [4.78, 5) is 19.2. The van der Waals surface area contributed by atoms with Crippen LogP contribution in [0.2, 0.25) is 0 Å². The number of carbonyl (C=O) groups is 1. The van der Waals surface area contributed by atoms with Crippen LogP contribution < -0.4 is 0 Å². The van der Waals surface area contributed by atoms with E-state index in [1.807, 2.05) is 17.2 Å². The molecule has 3 nitrogen and oxygen atoms in total. The fourth-order valence-corrected chi connectivity index (χ4v) is 3.29. The Bertz CT molecular complexity index is 688. The molecule has 0 saturated carbocycles. The molecule has 3 heteroatoms. The van der Waals surface area contributed by atoms with Crippen LogP contribution in [0.5, 0.6) is 0 Å². The van der Waals surface area contributed by atoms with Gasteiger partial charge in [-0.3, -0.25) is 9.78 Å². The fourth-order valence-electron chi connectivity index (χ4n) is 3.29. The predicted molar refractivity (Wildman–Crippen MR) is 92.0 cm³/mol. The molecule has 0 N–H and O–H groups in total. The Hall–Kier alpha value is -2.16. The molecule has 1 aliphatic rings. The van der Waals surface area contributed by atoms with Gasteiger partial charge in [-0.05, 0) is 34.6 Å².